The van der Waals surface area contributed by atoms with Crippen molar-refractivity contribution in [3.8, 4) is 6.01 Å². The molecule has 1 aromatic rings. The van der Waals surface area contributed by atoms with E-state index >= 15 is 0 Å². The quantitative estimate of drug-likeness (QED) is 0.829. The minimum absolute atomic E-state index is 0.0940. The van der Waals surface area contributed by atoms with Gasteiger partial charge in [0.15, 0.2) is 0 Å². The van der Waals surface area contributed by atoms with E-state index in [1.54, 1.807) is 18.8 Å². The first-order chi connectivity index (χ1) is 9.17. The van der Waals surface area contributed by atoms with Crippen LogP contribution in [0.3, 0.4) is 0 Å². The van der Waals surface area contributed by atoms with Gasteiger partial charge in [0.1, 0.15) is 0 Å². The van der Waals surface area contributed by atoms with E-state index < -0.39 is 0 Å². The van der Waals surface area contributed by atoms with Crippen LogP contribution in [0.25, 0.3) is 0 Å². The number of aryl methyl sites for hydroxylation is 1. The number of hydrogen-bond acceptors (Lipinski definition) is 5. The van der Waals surface area contributed by atoms with E-state index in [-0.39, 0.29) is 5.91 Å². The van der Waals surface area contributed by atoms with Gasteiger partial charge in [0, 0.05) is 33.1 Å². The summed E-state index contributed by atoms with van der Waals surface area (Å²) in [6, 6.07) is 0.534. The van der Waals surface area contributed by atoms with Crippen LogP contribution in [0.1, 0.15) is 19.8 Å². The van der Waals surface area contributed by atoms with E-state index in [2.05, 4.69) is 20.3 Å². The van der Waals surface area contributed by atoms with Crippen molar-refractivity contribution in [1.29, 1.82) is 0 Å². The van der Waals surface area contributed by atoms with Gasteiger partial charge in [0.2, 0.25) is 11.9 Å². The molecule has 0 bridgehead atoms. The number of ether oxygens (including phenoxy) is 1. The molecule has 1 atom stereocenters. The van der Waals surface area contributed by atoms with Crippen LogP contribution >= 0.6 is 0 Å². The van der Waals surface area contributed by atoms with E-state index in [1.807, 2.05) is 6.92 Å². The van der Waals surface area contributed by atoms with Crippen molar-refractivity contribution in [3.05, 3.63) is 0 Å². The minimum atomic E-state index is 0.0940. The molecule has 2 heterocycles. The molecule has 1 aliphatic rings. The summed E-state index contributed by atoms with van der Waals surface area (Å²) in [6.07, 6.45) is 1.56. The fraction of sp³-hybridized carbons (Fsp3) is 0.750. The van der Waals surface area contributed by atoms with Crippen LogP contribution in [-0.2, 0) is 11.3 Å². The minimum Gasteiger partial charge on any atom is -0.467 e. The molecule has 0 radical (unpaired) electrons. The Morgan fingerprint density at radius 1 is 1.58 bits per heavy atom. The predicted molar refractivity (Wildman–Crippen MR) is 71.3 cm³/mol. The lowest BCUT2D eigenvalue weighted by Crippen LogP contribution is -2.25. The van der Waals surface area contributed by atoms with Gasteiger partial charge in [0.25, 0.3) is 0 Å². The first-order valence-electron chi connectivity index (χ1n) is 6.62. The highest BCUT2D eigenvalue weighted by Gasteiger charge is 2.27. The van der Waals surface area contributed by atoms with Crippen LogP contribution in [0.2, 0.25) is 0 Å². The molecule has 1 N–H and O–H groups in total. The summed E-state index contributed by atoms with van der Waals surface area (Å²) in [6.45, 7) is 4.44. The molecule has 1 fully saturated rings. The lowest BCUT2D eigenvalue weighted by atomic mass is 10.1. The smallest absolute Gasteiger partial charge is 0.316 e. The number of carbonyl (C=O) groups is 1. The Morgan fingerprint density at radius 3 is 2.95 bits per heavy atom. The second-order valence-corrected chi connectivity index (χ2v) is 4.69. The molecule has 1 saturated heterocycles. The number of carbonyl (C=O) groups excluding carboxylic acids is 1. The SMILES string of the molecule is CCn1nc(N2CCC(CC(=O)NC)C2)nc1OC. The summed E-state index contributed by atoms with van der Waals surface area (Å²) < 4.78 is 6.92. The van der Waals surface area contributed by atoms with Crippen LogP contribution in [0.5, 0.6) is 6.01 Å². The van der Waals surface area contributed by atoms with E-state index in [0.717, 1.165) is 26.1 Å². The number of methoxy groups -OCH3 is 1. The normalized spacial score (nSPS) is 18.7. The van der Waals surface area contributed by atoms with Crippen molar-refractivity contribution in [1.82, 2.24) is 20.1 Å². The van der Waals surface area contributed by atoms with E-state index in [4.69, 9.17) is 4.74 Å². The number of hydrogen-bond donors (Lipinski definition) is 1. The zero-order valence-corrected chi connectivity index (χ0v) is 11.7. The summed E-state index contributed by atoms with van der Waals surface area (Å²) in [5.74, 6) is 1.16. The molecule has 1 aliphatic heterocycles. The van der Waals surface area contributed by atoms with Gasteiger partial charge in [-0.2, -0.15) is 4.98 Å². The standard InChI is InChI=1S/C12H21N5O2/c1-4-17-12(19-3)14-11(15-17)16-6-5-9(8-16)7-10(18)13-2/h9H,4-8H2,1-3H3,(H,13,18). The summed E-state index contributed by atoms with van der Waals surface area (Å²) in [4.78, 5) is 17.9. The second-order valence-electron chi connectivity index (χ2n) is 4.69. The molecule has 19 heavy (non-hydrogen) atoms. The van der Waals surface area contributed by atoms with Crippen LogP contribution in [0.4, 0.5) is 5.95 Å². The number of anilines is 1. The van der Waals surface area contributed by atoms with Crippen LogP contribution in [0, 0.1) is 5.92 Å². The molecule has 7 heteroatoms. The Balaban J connectivity index is 2.00. The Hall–Kier alpha value is -1.79. The third-order valence-corrected chi connectivity index (χ3v) is 3.43. The van der Waals surface area contributed by atoms with Crippen LogP contribution in [-0.4, -0.2) is 47.9 Å². The molecule has 1 unspecified atom stereocenters. The van der Waals surface area contributed by atoms with Crippen molar-refractivity contribution in [2.24, 2.45) is 5.92 Å². The Bertz CT molecular complexity index is 424. The van der Waals surface area contributed by atoms with Gasteiger partial charge in [-0.1, -0.05) is 0 Å². The topological polar surface area (TPSA) is 72.3 Å². The molecule has 7 nitrogen and oxygen atoms in total. The third kappa shape index (κ3) is 2.97. The highest BCUT2D eigenvalue weighted by Crippen LogP contribution is 2.24. The van der Waals surface area contributed by atoms with E-state index in [1.165, 1.54) is 0 Å². The second kappa shape index (κ2) is 5.90. The number of aromatic nitrogens is 3. The van der Waals surface area contributed by atoms with Gasteiger partial charge >= 0.3 is 6.01 Å². The van der Waals surface area contributed by atoms with Crippen LogP contribution < -0.4 is 15.0 Å². The molecule has 0 saturated carbocycles. The molecule has 1 aromatic heterocycles. The van der Waals surface area contributed by atoms with Gasteiger partial charge in [0.05, 0.1) is 7.11 Å². The first-order valence-corrected chi connectivity index (χ1v) is 6.62. The predicted octanol–water partition coefficient (Wildman–Crippen LogP) is 0.269. The average Bonchev–Trinajstić information content (AvgIpc) is 3.03. The fourth-order valence-electron chi connectivity index (χ4n) is 2.35. The maximum absolute atomic E-state index is 11.4. The number of amides is 1. The highest BCUT2D eigenvalue weighted by atomic mass is 16.5. The zero-order chi connectivity index (χ0) is 13.8. The molecule has 2 rings (SSSR count). The number of nitrogens with zero attached hydrogens (tertiary/aromatic N) is 4. The number of nitrogens with one attached hydrogen (secondary N) is 1. The Kier molecular flexibility index (Phi) is 4.24. The van der Waals surface area contributed by atoms with Crippen molar-refractivity contribution in [3.63, 3.8) is 0 Å². The maximum atomic E-state index is 11.4. The monoisotopic (exact) mass is 267 g/mol. The Morgan fingerprint density at radius 2 is 2.37 bits per heavy atom. The summed E-state index contributed by atoms with van der Waals surface area (Å²) in [7, 11) is 3.27. The van der Waals surface area contributed by atoms with Gasteiger partial charge in [-0.25, -0.2) is 4.68 Å². The van der Waals surface area contributed by atoms with Crippen molar-refractivity contribution in [2.45, 2.75) is 26.3 Å². The highest BCUT2D eigenvalue weighted by molar-refractivity contribution is 5.75. The Labute approximate surface area is 112 Å². The molecular formula is C12H21N5O2. The largest absolute Gasteiger partial charge is 0.467 e. The zero-order valence-electron chi connectivity index (χ0n) is 11.7. The van der Waals surface area contributed by atoms with Gasteiger partial charge in [-0.15, -0.1) is 5.10 Å². The van der Waals surface area contributed by atoms with Gasteiger partial charge in [-0.3, -0.25) is 4.79 Å². The van der Waals surface area contributed by atoms with Gasteiger partial charge in [-0.05, 0) is 19.3 Å². The molecule has 0 spiro atoms. The lowest BCUT2D eigenvalue weighted by Gasteiger charge is -2.13. The molecule has 0 aliphatic carbocycles. The third-order valence-electron chi connectivity index (χ3n) is 3.43. The molecule has 1 amide bonds. The first kappa shape index (κ1) is 13.6. The van der Waals surface area contributed by atoms with Crippen molar-refractivity contribution >= 4 is 11.9 Å². The average molecular weight is 267 g/mol. The van der Waals surface area contributed by atoms with Crippen molar-refractivity contribution < 1.29 is 9.53 Å². The summed E-state index contributed by atoms with van der Waals surface area (Å²) in [5, 5.41) is 7.09. The van der Waals surface area contributed by atoms with Crippen molar-refractivity contribution in [2.75, 3.05) is 32.1 Å². The lowest BCUT2D eigenvalue weighted by molar-refractivity contribution is -0.121. The summed E-state index contributed by atoms with van der Waals surface area (Å²) in [5.41, 5.74) is 0. The van der Waals surface area contributed by atoms with Crippen LogP contribution in [0.15, 0.2) is 0 Å². The summed E-state index contributed by atoms with van der Waals surface area (Å²) >= 11 is 0. The molecule has 0 aromatic carbocycles. The van der Waals surface area contributed by atoms with Gasteiger partial charge < -0.3 is 15.0 Å². The molecular weight excluding hydrogens is 246 g/mol. The molecule has 106 valence electrons. The fourth-order valence-corrected chi connectivity index (χ4v) is 2.35. The van der Waals surface area contributed by atoms with E-state index in [0.29, 0.717) is 24.3 Å². The number of rotatable bonds is 5. The maximum Gasteiger partial charge on any atom is 0.316 e. The van der Waals surface area contributed by atoms with E-state index in [9.17, 15) is 4.79 Å².